The smallest absolute Gasteiger partial charge is 0.123 e. The third kappa shape index (κ3) is 4.29. The molecule has 0 aromatic heterocycles. The van der Waals surface area contributed by atoms with Crippen molar-refractivity contribution in [2.75, 3.05) is 0 Å². The van der Waals surface area contributed by atoms with E-state index in [2.05, 4.69) is 25.2 Å². The Kier molecular flexibility index (Phi) is 5.38. The van der Waals surface area contributed by atoms with Gasteiger partial charge in [-0.1, -0.05) is 49.7 Å². The Morgan fingerprint density at radius 1 is 1.10 bits per heavy atom. The number of nitrogens with one attached hydrogen (secondary N) is 1. The Morgan fingerprint density at radius 2 is 1.76 bits per heavy atom. The van der Waals surface area contributed by atoms with Gasteiger partial charge in [-0.05, 0) is 47.7 Å². The maximum atomic E-state index is 13.0. The van der Waals surface area contributed by atoms with Crippen LogP contribution >= 0.6 is 11.6 Å². The van der Waals surface area contributed by atoms with Gasteiger partial charge in [0.15, 0.2) is 0 Å². The normalized spacial score (nSPS) is 12.7. The van der Waals surface area contributed by atoms with Crippen LogP contribution in [-0.4, -0.2) is 0 Å². The summed E-state index contributed by atoms with van der Waals surface area (Å²) in [6, 6.07) is 13.0. The zero-order chi connectivity index (χ0) is 15.4. The van der Waals surface area contributed by atoms with E-state index in [1.54, 1.807) is 0 Å². The second-order valence-electron chi connectivity index (χ2n) is 5.74. The summed E-state index contributed by atoms with van der Waals surface area (Å²) >= 11 is 6.16. The second kappa shape index (κ2) is 7.06. The topological polar surface area (TPSA) is 12.0 Å². The predicted molar refractivity (Wildman–Crippen MR) is 87.0 cm³/mol. The maximum Gasteiger partial charge on any atom is 0.123 e. The van der Waals surface area contributed by atoms with Crippen LogP contribution in [0.25, 0.3) is 0 Å². The number of hydrogen-bond acceptors (Lipinski definition) is 1. The molecule has 21 heavy (non-hydrogen) atoms. The molecule has 1 nitrogen and oxygen atoms in total. The molecule has 0 aliphatic rings. The minimum Gasteiger partial charge on any atom is -0.306 e. The van der Waals surface area contributed by atoms with E-state index in [-0.39, 0.29) is 11.9 Å². The summed E-state index contributed by atoms with van der Waals surface area (Å²) in [7, 11) is 0. The number of rotatable bonds is 5. The average molecular weight is 306 g/mol. The third-order valence-corrected chi connectivity index (χ3v) is 4.07. The Morgan fingerprint density at radius 3 is 2.33 bits per heavy atom. The largest absolute Gasteiger partial charge is 0.306 e. The molecule has 0 saturated heterocycles. The van der Waals surface area contributed by atoms with Crippen molar-refractivity contribution in [2.45, 2.75) is 33.4 Å². The Hall–Kier alpha value is -1.38. The van der Waals surface area contributed by atoms with E-state index in [1.165, 1.54) is 12.1 Å². The van der Waals surface area contributed by atoms with Crippen LogP contribution < -0.4 is 5.32 Å². The first-order valence-electron chi connectivity index (χ1n) is 7.21. The van der Waals surface area contributed by atoms with Crippen LogP contribution in [0.4, 0.5) is 4.39 Å². The molecule has 2 aromatic carbocycles. The monoisotopic (exact) mass is 305 g/mol. The van der Waals surface area contributed by atoms with Gasteiger partial charge in [0.2, 0.25) is 0 Å². The zero-order valence-corrected chi connectivity index (χ0v) is 13.4. The van der Waals surface area contributed by atoms with Crippen LogP contribution in [0, 0.1) is 18.7 Å². The highest BCUT2D eigenvalue weighted by molar-refractivity contribution is 6.31. The van der Waals surface area contributed by atoms with Crippen molar-refractivity contribution in [3.63, 3.8) is 0 Å². The van der Waals surface area contributed by atoms with Gasteiger partial charge in [-0.3, -0.25) is 0 Å². The number of halogens is 2. The quantitative estimate of drug-likeness (QED) is 0.793. The summed E-state index contributed by atoms with van der Waals surface area (Å²) in [6.45, 7) is 7.04. The van der Waals surface area contributed by atoms with E-state index in [0.29, 0.717) is 5.92 Å². The van der Waals surface area contributed by atoms with Gasteiger partial charge in [0.25, 0.3) is 0 Å². The highest BCUT2D eigenvalue weighted by Crippen LogP contribution is 2.23. The molecule has 1 N–H and O–H groups in total. The molecule has 0 heterocycles. The summed E-state index contributed by atoms with van der Waals surface area (Å²) in [5.74, 6) is 0.211. The van der Waals surface area contributed by atoms with Gasteiger partial charge in [-0.15, -0.1) is 0 Å². The molecule has 1 unspecified atom stereocenters. The van der Waals surface area contributed by atoms with Gasteiger partial charge in [0, 0.05) is 17.6 Å². The molecule has 3 heteroatoms. The van der Waals surface area contributed by atoms with Gasteiger partial charge in [0.05, 0.1) is 0 Å². The summed E-state index contributed by atoms with van der Waals surface area (Å²) in [5.41, 5.74) is 3.34. The molecule has 112 valence electrons. The highest BCUT2D eigenvalue weighted by Gasteiger charge is 2.15. The lowest BCUT2D eigenvalue weighted by molar-refractivity contribution is 0.410. The average Bonchev–Trinajstić information content (AvgIpc) is 2.44. The molecule has 0 spiro atoms. The van der Waals surface area contributed by atoms with Crippen LogP contribution in [0.1, 0.15) is 36.6 Å². The molecule has 1 atom stereocenters. The Labute approximate surface area is 131 Å². The SMILES string of the molecule is Cc1ccc(CNC(c2ccc(F)cc2)C(C)C)cc1Cl. The highest BCUT2D eigenvalue weighted by atomic mass is 35.5. The molecule has 0 aliphatic heterocycles. The summed E-state index contributed by atoms with van der Waals surface area (Å²) in [4.78, 5) is 0. The summed E-state index contributed by atoms with van der Waals surface area (Å²) in [6.07, 6.45) is 0. The molecule has 0 radical (unpaired) electrons. The van der Waals surface area contributed by atoms with Crippen LogP contribution in [0.5, 0.6) is 0 Å². The lowest BCUT2D eigenvalue weighted by Gasteiger charge is -2.23. The van der Waals surface area contributed by atoms with E-state index in [4.69, 9.17) is 11.6 Å². The van der Waals surface area contributed by atoms with Crippen molar-refractivity contribution in [2.24, 2.45) is 5.92 Å². The molecule has 0 aliphatic carbocycles. The fraction of sp³-hybridized carbons (Fsp3) is 0.333. The summed E-state index contributed by atoms with van der Waals surface area (Å²) in [5, 5.41) is 4.33. The lowest BCUT2D eigenvalue weighted by atomic mass is 9.95. The molecule has 0 amide bonds. The van der Waals surface area contributed by atoms with Gasteiger partial charge in [-0.2, -0.15) is 0 Å². The first kappa shape index (κ1) is 16.0. The number of benzene rings is 2. The van der Waals surface area contributed by atoms with E-state index in [0.717, 1.165) is 28.3 Å². The van der Waals surface area contributed by atoms with Crippen LogP contribution in [0.2, 0.25) is 5.02 Å². The lowest BCUT2D eigenvalue weighted by Crippen LogP contribution is -2.25. The minimum absolute atomic E-state index is 0.186. The van der Waals surface area contributed by atoms with Crippen molar-refractivity contribution >= 4 is 11.6 Å². The fourth-order valence-corrected chi connectivity index (χ4v) is 2.59. The molecule has 2 rings (SSSR count). The zero-order valence-electron chi connectivity index (χ0n) is 12.7. The molecule has 0 bridgehead atoms. The van der Waals surface area contributed by atoms with Crippen molar-refractivity contribution in [1.29, 1.82) is 0 Å². The van der Waals surface area contributed by atoms with Gasteiger partial charge in [0.1, 0.15) is 5.82 Å². The molecule has 2 aromatic rings. The van der Waals surface area contributed by atoms with Crippen molar-refractivity contribution in [3.8, 4) is 0 Å². The van der Waals surface area contributed by atoms with Crippen molar-refractivity contribution in [3.05, 3.63) is 70.0 Å². The molecule has 0 saturated carbocycles. The minimum atomic E-state index is -0.202. The van der Waals surface area contributed by atoms with Gasteiger partial charge in [-0.25, -0.2) is 4.39 Å². The van der Waals surface area contributed by atoms with E-state index in [9.17, 15) is 4.39 Å². The second-order valence-corrected chi connectivity index (χ2v) is 6.14. The third-order valence-electron chi connectivity index (χ3n) is 3.66. The summed E-state index contributed by atoms with van der Waals surface area (Å²) < 4.78 is 13.0. The maximum absolute atomic E-state index is 13.0. The standard InChI is InChI=1S/C18H21ClFN/c1-12(2)18(15-6-8-16(20)9-7-15)21-11-14-5-4-13(3)17(19)10-14/h4-10,12,18,21H,11H2,1-3H3. The van der Waals surface area contributed by atoms with Crippen LogP contribution in [0.3, 0.4) is 0 Å². The Balaban J connectivity index is 2.09. The molecular weight excluding hydrogens is 285 g/mol. The fourth-order valence-electron chi connectivity index (χ4n) is 2.38. The van der Waals surface area contributed by atoms with E-state index >= 15 is 0 Å². The molecular formula is C18H21ClFN. The van der Waals surface area contributed by atoms with Crippen molar-refractivity contribution < 1.29 is 4.39 Å². The van der Waals surface area contributed by atoms with Gasteiger partial charge >= 0.3 is 0 Å². The first-order valence-corrected chi connectivity index (χ1v) is 7.59. The van der Waals surface area contributed by atoms with Crippen molar-refractivity contribution in [1.82, 2.24) is 5.32 Å². The molecule has 0 fully saturated rings. The number of hydrogen-bond donors (Lipinski definition) is 1. The van der Waals surface area contributed by atoms with Crippen LogP contribution in [-0.2, 0) is 6.54 Å². The van der Waals surface area contributed by atoms with Gasteiger partial charge < -0.3 is 5.32 Å². The predicted octanol–water partition coefficient (Wildman–Crippen LogP) is 5.27. The van der Waals surface area contributed by atoms with E-state index in [1.807, 2.05) is 31.2 Å². The number of aryl methyl sites for hydroxylation is 1. The Bertz CT molecular complexity index is 593. The first-order chi connectivity index (χ1) is 9.97. The van der Waals surface area contributed by atoms with E-state index < -0.39 is 0 Å². The van der Waals surface area contributed by atoms with Crippen LogP contribution in [0.15, 0.2) is 42.5 Å².